The van der Waals surface area contributed by atoms with Crippen molar-refractivity contribution in [1.29, 1.82) is 0 Å². The summed E-state index contributed by atoms with van der Waals surface area (Å²) in [5, 5.41) is 0. The molecule has 0 N–H and O–H groups in total. The van der Waals surface area contributed by atoms with E-state index in [0.717, 1.165) is 49.2 Å². The number of hydrogen-bond acceptors (Lipinski definition) is 4. The second-order valence-corrected chi connectivity index (χ2v) is 9.30. The molecule has 0 bridgehead atoms. The normalized spacial score (nSPS) is 18.4. The average molecular weight is 594 g/mol. The smallest absolute Gasteiger partial charge is 0.429 e. The van der Waals surface area contributed by atoms with Crippen LogP contribution in [0.4, 0.5) is 39.5 Å². The van der Waals surface area contributed by atoms with Crippen LogP contribution in [-0.2, 0) is 26.4 Å². The zero-order chi connectivity index (χ0) is 30.0. The zero-order valence-electron chi connectivity index (χ0n) is 21.3. The summed E-state index contributed by atoms with van der Waals surface area (Å²) in [5.74, 6) is -4.07. The van der Waals surface area contributed by atoms with Crippen molar-refractivity contribution in [2.24, 2.45) is 5.92 Å². The minimum Gasteiger partial charge on any atom is -0.429 e. The van der Waals surface area contributed by atoms with Crippen LogP contribution in [0.15, 0.2) is 60.7 Å². The van der Waals surface area contributed by atoms with E-state index in [4.69, 9.17) is 14.2 Å². The predicted octanol–water partition coefficient (Wildman–Crippen LogP) is 8.81. The fourth-order valence-electron chi connectivity index (χ4n) is 4.28. The molecule has 1 aliphatic rings. The number of benzene rings is 3. The molecule has 1 heterocycles. The molecule has 4 nitrogen and oxygen atoms in total. The van der Waals surface area contributed by atoms with Gasteiger partial charge in [-0.05, 0) is 53.9 Å². The Morgan fingerprint density at radius 2 is 1.32 bits per heavy atom. The summed E-state index contributed by atoms with van der Waals surface area (Å²) in [5.41, 5.74) is -2.54. The highest BCUT2D eigenvalue weighted by Crippen LogP contribution is 2.40. The molecular formula is C28H23F9O4. The van der Waals surface area contributed by atoms with Gasteiger partial charge < -0.3 is 14.2 Å². The summed E-state index contributed by atoms with van der Waals surface area (Å²) < 4.78 is 141. The molecule has 0 aliphatic carbocycles. The van der Waals surface area contributed by atoms with Gasteiger partial charge in [-0.3, -0.25) is 0 Å². The quantitative estimate of drug-likeness (QED) is 0.232. The highest BCUT2D eigenvalue weighted by molar-refractivity contribution is 5.65. The Balaban J connectivity index is 1.44. The Morgan fingerprint density at radius 3 is 1.83 bits per heavy atom. The maximum atomic E-state index is 14.8. The highest BCUT2D eigenvalue weighted by Gasteiger charge is 2.49. The second-order valence-electron chi connectivity index (χ2n) is 9.30. The van der Waals surface area contributed by atoms with Gasteiger partial charge in [0.15, 0.2) is 6.29 Å². The number of rotatable bonds is 9. The highest BCUT2D eigenvalue weighted by atomic mass is 19.4. The van der Waals surface area contributed by atoms with Crippen molar-refractivity contribution in [3.05, 3.63) is 89.0 Å². The fourth-order valence-corrected chi connectivity index (χ4v) is 4.28. The minimum absolute atomic E-state index is 0.0249. The third kappa shape index (κ3) is 7.52. The summed E-state index contributed by atoms with van der Waals surface area (Å²) in [4.78, 5) is 0. The molecule has 222 valence electrons. The monoisotopic (exact) mass is 594 g/mol. The third-order valence-corrected chi connectivity index (χ3v) is 6.19. The first kappa shape index (κ1) is 30.7. The van der Waals surface area contributed by atoms with Gasteiger partial charge in [0.05, 0.1) is 18.8 Å². The van der Waals surface area contributed by atoms with Crippen LogP contribution in [0.25, 0.3) is 11.1 Å². The van der Waals surface area contributed by atoms with E-state index in [2.05, 4.69) is 11.7 Å². The summed E-state index contributed by atoms with van der Waals surface area (Å²) >= 11 is 0. The number of alkyl halides is 7. The largest absolute Gasteiger partial charge is 0.527 e. The second kappa shape index (κ2) is 11.9. The topological polar surface area (TPSA) is 36.9 Å². The molecule has 3 aromatic rings. The third-order valence-electron chi connectivity index (χ3n) is 6.19. The van der Waals surface area contributed by atoms with E-state index in [-0.39, 0.29) is 22.8 Å². The molecule has 1 aliphatic heterocycles. The molecule has 0 aromatic heterocycles. The number of hydrogen-bond donors (Lipinski definition) is 0. The Labute approximate surface area is 228 Å². The molecule has 0 radical (unpaired) electrons. The van der Waals surface area contributed by atoms with Gasteiger partial charge >= 0.3 is 18.6 Å². The summed E-state index contributed by atoms with van der Waals surface area (Å²) in [6.07, 6.45) is -13.7. The maximum Gasteiger partial charge on any atom is 0.527 e. The van der Waals surface area contributed by atoms with Gasteiger partial charge in [-0.1, -0.05) is 37.6 Å². The molecule has 13 heteroatoms. The predicted molar refractivity (Wildman–Crippen MR) is 127 cm³/mol. The van der Waals surface area contributed by atoms with E-state index in [0.29, 0.717) is 30.9 Å². The van der Waals surface area contributed by atoms with Crippen molar-refractivity contribution in [3.63, 3.8) is 0 Å². The number of ether oxygens (including phenoxy) is 4. The van der Waals surface area contributed by atoms with Crippen molar-refractivity contribution in [3.8, 4) is 16.9 Å². The first-order valence-corrected chi connectivity index (χ1v) is 12.3. The molecular weight excluding hydrogens is 571 g/mol. The van der Waals surface area contributed by atoms with Crippen molar-refractivity contribution in [2.45, 2.75) is 44.6 Å². The van der Waals surface area contributed by atoms with Crippen molar-refractivity contribution in [2.75, 3.05) is 13.2 Å². The molecule has 0 amide bonds. The Morgan fingerprint density at radius 1 is 0.756 bits per heavy atom. The Kier molecular flexibility index (Phi) is 8.90. The average Bonchev–Trinajstić information content (AvgIpc) is 2.87. The summed E-state index contributed by atoms with van der Waals surface area (Å²) in [6.45, 7) is 3.05. The van der Waals surface area contributed by atoms with Crippen LogP contribution in [0.5, 0.6) is 5.75 Å². The van der Waals surface area contributed by atoms with Crippen LogP contribution in [0.1, 0.15) is 42.7 Å². The van der Waals surface area contributed by atoms with E-state index in [1.54, 1.807) is 0 Å². The van der Waals surface area contributed by atoms with Crippen LogP contribution >= 0.6 is 0 Å². The first-order chi connectivity index (χ1) is 19.2. The lowest BCUT2D eigenvalue weighted by Gasteiger charge is -2.29. The first-order valence-electron chi connectivity index (χ1n) is 12.3. The summed E-state index contributed by atoms with van der Waals surface area (Å²) in [7, 11) is 0. The van der Waals surface area contributed by atoms with E-state index < -0.39 is 47.6 Å². The van der Waals surface area contributed by atoms with Gasteiger partial charge in [-0.2, -0.15) is 17.6 Å². The molecule has 0 unspecified atom stereocenters. The van der Waals surface area contributed by atoms with Crippen molar-refractivity contribution < 1.29 is 58.5 Å². The molecule has 0 atom stereocenters. The summed E-state index contributed by atoms with van der Waals surface area (Å²) in [6, 6.07) is 10.2. The molecule has 41 heavy (non-hydrogen) atoms. The maximum absolute atomic E-state index is 14.8. The van der Waals surface area contributed by atoms with Crippen LogP contribution in [-0.4, -0.2) is 19.6 Å². The van der Waals surface area contributed by atoms with Gasteiger partial charge in [0.1, 0.15) is 22.9 Å². The molecule has 1 saturated heterocycles. The molecule has 3 aromatic carbocycles. The van der Waals surface area contributed by atoms with Gasteiger partial charge in [0.2, 0.25) is 0 Å². The van der Waals surface area contributed by atoms with Crippen molar-refractivity contribution >= 4 is 0 Å². The number of halogens is 9. The van der Waals surface area contributed by atoms with Gasteiger partial charge in [-0.15, -0.1) is 13.2 Å². The van der Waals surface area contributed by atoms with Gasteiger partial charge in [0, 0.05) is 11.5 Å². The Hall–Kier alpha value is -3.29. The van der Waals surface area contributed by atoms with E-state index in [1.165, 1.54) is 12.1 Å². The molecule has 0 spiro atoms. The van der Waals surface area contributed by atoms with E-state index in [1.807, 2.05) is 0 Å². The standard InChI is InChI=1S/C28H23F9O4/c1-2-3-16-14-38-25(39-15-16)18-4-8-20(9-5-18)26(31,32)40-21-10-6-17(7-11-21)19-12-22(29)24(23(30)13-19)27(33,34)41-28(35,36)37/h4-13,16,25H,2-3,14-15H2,1H3. The van der Waals surface area contributed by atoms with Gasteiger partial charge in [0.25, 0.3) is 0 Å². The minimum atomic E-state index is -5.86. The van der Waals surface area contributed by atoms with E-state index >= 15 is 0 Å². The van der Waals surface area contributed by atoms with Crippen LogP contribution < -0.4 is 4.74 Å². The zero-order valence-corrected chi connectivity index (χ0v) is 21.3. The van der Waals surface area contributed by atoms with Crippen LogP contribution in [0.3, 0.4) is 0 Å². The molecule has 4 rings (SSSR count). The lowest BCUT2D eigenvalue weighted by Crippen LogP contribution is -2.29. The molecule has 1 fully saturated rings. The van der Waals surface area contributed by atoms with Crippen molar-refractivity contribution in [1.82, 2.24) is 0 Å². The lowest BCUT2D eigenvalue weighted by atomic mass is 10.0. The molecule has 0 saturated carbocycles. The van der Waals surface area contributed by atoms with Gasteiger partial charge in [-0.25, -0.2) is 13.5 Å². The van der Waals surface area contributed by atoms with Crippen LogP contribution in [0, 0.1) is 17.6 Å². The lowest BCUT2D eigenvalue weighted by molar-refractivity contribution is -0.432. The Bertz CT molecular complexity index is 1290. The fraction of sp³-hybridized carbons (Fsp3) is 0.357. The van der Waals surface area contributed by atoms with Crippen LogP contribution in [0.2, 0.25) is 0 Å². The van der Waals surface area contributed by atoms with E-state index in [9.17, 15) is 39.5 Å². The SMILES string of the molecule is CCCC1COC(c2ccc(C(F)(F)Oc3ccc(-c4cc(F)c(C(F)(F)OC(F)(F)F)c(F)c4)cc3)cc2)OC1.